The molecule has 0 spiro atoms. The number of hydrogen-bond acceptors (Lipinski definition) is 2. The number of aliphatic hydroxyl groups excluding tert-OH is 1. The minimum atomic E-state index is -0.976. The summed E-state index contributed by atoms with van der Waals surface area (Å²) in [5.74, 6) is -1.33. The van der Waals surface area contributed by atoms with Crippen LogP contribution in [0, 0.1) is 11.6 Å². The van der Waals surface area contributed by atoms with E-state index in [4.69, 9.17) is 4.74 Å². The molecule has 0 fully saturated rings. The van der Waals surface area contributed by atoms with Gasteiger partial charge in [-0.25, -0.2) is 8.78 Å². The van der Waals surface area contributed by atoms with Crippen molar-refractivity contribution < 1.29 is 18.6 Å². The Kier molecular flexibility index (Phi) is 5.89. The summed E-state index contributed by atoms with van der Waals surface area (Å²) in [5, 5.41) is 10.2. The molecule has 0 aromatic heterocycles. The van der Waals surface area contributed by atoms with Crippen molar-refractivity contribution in [2.24, 2.45) is 0 Å². The molecule has 0 amide bonds. The fraction of sp³-hybridized carbons (Fsp3) is 0.571. The van der Waals surface area contributed by atoms with E-state index in [0.29, 0.717) is 13.0 Å². The molecule has 0 aliphatic rings. The summed E-state index contributed by atoms with van der Waals surface area (Å²) in [6, 6.07) is 2.49. The largest absolute Gasteiger partial charge is 0.390 e. The van der Waals surface area contributed by atoms with Crippen molar-refractivity contribution in [3.63, 3.8) is 0 Å². The van der Waals surface area contributed by atoms with Crippen LogP contribution in [0.2, 0.25) is 0 Å². The first-order valence-electron chi connectivity index (χ1n) is 6.30. The van der Waals surface area contributed by atoms with Gasteiger partial charge in [0.25, 0.3) is 0 Å². The molecule has 19 heavy (non-hydrogen) atoms. The highest BCUT2D eigenvalue weighted by Crippen LogP contribution is 2.27. The Bertz CT molecular complexity index is 440. The van der Waals surface area contributed by atoms with Crippen molar-refractivity contribution >= 4 is 15.9 Å². The minimum Gasteiger partial charge on any atom is -0.390 e. The molecule has 0 saturated heterocycles. The van der Waals surface area contributed by atoms with Gasteiger partial charge in [-0.3, -0.25) is 0 Å². The van der Waals surface area contributed by atoms with Crippen LogP contribution in [0.25, 0.3) is 0 Å². The third-order valence-corrected chi connectivity index (χ3v) is 4.03. The lowest BCUT2D eigenvalue weighted by molar-refractivity contribution is -0.110. The Labute approximate surface area is 120 Å². The molecule has 0 saturated carbocycles. The molecular weight excluding hydrogens is 318 g/mol. The molecule has 2 nitrogen and oxygen atoms in total. The van der Waals surface area contributed by atoms with E-state index < -0.39 is 23.3 Å². The van der Waals surface area contributed by atoms with Crippen LogP contribution in [0.3, 0.4) is 0 Å². The van der Waals surface area contributed by atoms with Crippen LogP contribution in [0.5, 0.6) is 0 Å². The fourth-order valence-corrected chi connectivity index (χ4v) is 2.30. The lowest BCUT2D eigenvalue weighted by Gasteiger charge is -2.33. The van der Waals surface area contributed by atoms with Crippen LogP contribution in [0.4, 0.5) is 8.78 Å². The van der Waals surface area contributed by atoms with E-state index in [1.165, 1.54) is 12.1 Å². The van der Waals surface area contributed by atoms with E-state index in [2.05, 4.69) is 15.9 Å². The van der Waals surface area contributed by atoms with Gasteiger partial charge in [-0.1, -0.05) is 6.92 Å². The number of rotatable bonds is 6. The topological polar surface area (TPSA) is 29.5 Å². The fourth-order valence-electron chi connectivity index (χ4n) is 1.93. The zero-order valence-corrected chi connectivity index (χ0v) is 12.9. The molecule has 0 aliphatic carbocycles. The zero-order chi connectivity index (χ0) is 14.6. The highest BCUT2D eigenvalue weighted by atomic mass is 79.9. The van der Waals surface area contributed by atoms with Gasteiger partial charge in [0.15, 0.2) is 0 Å². The van der Waals surface area contributed by atoms with Gasteiger partial charge in [-0.15, -0.1) is 0 Å². The number of benzene rings is 1. The first-order valence-corrected chi connectivity index (χ1v) is 7.09. The van der Waals surface area contributed by atoms with E-state index in [1.807, 2.05) is 13.8 Å². The molecule has 2 atom stereocenters. The Morgan fingerprint density at radius 1 is 1.37 bits per heavy atom. The van der Waals surface area contributed by atoms with Crippen molar-refractivity contribution in [1.29, 1.82) is 0 Å². The quantitative estimate of drug-likeness (QED) is 0.800. The maximum absolute atomic E-state index is 13.9. The molecule has 0 bridgehead atoms. The normalized spacial score (nSPS) is 16.2. The number of hydrogen-bond donors (Lipinski definition) is 1. The third kappa shape index (κ3) is 3.74. The second-order valence-electron chi connectivity index (χ2n) is 4.64. The number of ether oxygens (including phenoxy) is 1. The van der Waals surface area contributed by atoms with E-state index in [0.717, 1.165) is 0 Å². The van der Waals surface area contributed by atoms with Crippen molar-refractivity contribution in [2.45, 2.75) is 45.3 Å². The van der Waals surface area contributed by atoms with Crippen LogP contribution in [-0.2, 0) is 11.2 Å². The summed E-state index contributed by atoms with van der Waals surface area (Å²) >= 11 is 3.01. The number of halogens is 3. The molecule has 108 valence electrons. The van der Waals surface area contributed by atoms with E-state index in [-0.39, 0.29) is 16.5 Å². The summed E-state index contributed by atoms with van der Waals surface area (Å²) in [5.41, 5.74) is -0.933. The highest BCUT2D eigenvalue weighted by Gasteiger charge is 2.33. The zero-order valence-electron chi connectivity index (χ0n) is 11.3. The van der Waals surface area contributed by atoms with Gasteiger partial charge in [-0.05, 0) is 48.3 Å². The average molecular weight is 337 g/mol. The monoisotopic (exact) mass is 336 g/mol. The second kappa shape index (κ2) is 6.77. The first-order chi connectivity index (χ1) is 8.85. The van der Waals surface area contributed by atoms with Crippen molar-refractivity contribution in [3.05, 3.63) is 33.8 Å². The van der Waals surface area contributed by atoms with E-state index in [9.17, 15) is 13.9 Å². The first kappa shape index (κ1) is 16.5. The summed E-state index contributed by atoms with van der Waals surface area (Å²) in [7, 11) is 0. The standard InChI is InChI=1S/C14H19BrF2O2/c1-4-14(3,19-5-2)12(18)8-9-11(16)7-6-10(15)13(9)17/h6-7,12,18H,4-5,8H2,1-3H3. The highest BCUT2D eigenvalue weighted by molar-refractivity contribution is 9.10. The lowest BCUT2D eigenvalue weighted by atomic mass is 9.90. The lowest BCUT2D eigenvalue weighted by Crippen LogP contribution is -2.43. The summed E-state index contributed by atoms with van der Waals surface area (Å²) < 4.78 is 33.2. The molecule has 1 rings (SSSR count). The summed E-state index contributed by atoms with van der Waals surface area (Å²) in [4.78, 5) is 0. The van der Waals surface area contributed by atoms with Gasteiger partial charge >= 0.3 is 0 Å². The predicted octanol–water partition coefficient (Wildman–Crippen LogP) is 3.84. The van der Waals surface area contributed by atoms with E-state index in [1.54, 1.807) is 6.92 Å². The molecule has 0 heterocycles. The Morgan fingerprint density at radius 3 is 2.53 bits per heavy atom. The maximum atomic E-state index is 13.9. The smallest absolute Gasteiger partial charge is 0.143 e. The second-order valence-corrected chi connectivity index (χ2v) is 5.50. The molecule has 0 radical (unpaired) electrons. The maximum Gasteiger partial charge on any atom is 0.143 e. The average Bonchev–Trinajstić information content (AvgIpc) is 2.39. The van der Waals surface area contributed by atoms with Crippen LogP contribution in [0.15, 0.2) is 16.6 Å². The van der Waals surface area contributed by atoms with Crippen molar-refractivity contribution in [1.82, 2.24) is 0 Å². The van der Waals surface area contributed by atoms with Crippen LogP contribution >= 0.6 is 15.9 Å². The summed E-state index contributed by atoms with van der Waals surface area (Å²) in [6.45, 7) is 5.87. The Morgan fingerprint density at radius 2 is 2.00 bits per heavy atom. The SMILES string of the molecule is CCOC(C)(CC)C(O)Cc1c(F)ccc(Br)c1F. The molecule has 2 unspecified atom stereocenters. The van der Waals surface area contributed by atoms with Crippen LogP contribution < -0.4 is 0 Å². The van der Waals surface area contributed by atoms with Gasteiger partial charge in [-0.2, -0.15) is 0 Å². The van der Waals surface area contributed by atoms with Crippen molar-refractivity contribution in [2.75, 3.05) is 6.61 Å². The van der Waals surface area contributed by atoms with Crippen molar-refractivity contribution in [3.8, 4) is 0 Å². The van der Waals surface area contributed by atoms with Crippen LogP contribution in [-0.4, -0.2) is 23.4 Å². The molecule has 1 aromatic carbocycles. The Balaban J connectivity index is 2.99. The van der Waals surface area contributed by atoms with E-state index >= 15 is 0 Å². The predicted molar refractivity (Wildman–Crippen MR) is 74.1 cm³/mol. The molecule has 5 heteroatoms. The van der Waals surface area contributed by atoms with Gasteiger partial charge in [0.1, 0.15) is 11.6 Å². The summed E-state index contributed by atoms with van der Waals surface area (Å²) in [6.07, 6.45) is -0.545. The Hall–Kier alpha value is -0.520. The van der Waals surface area contributed by atoms with Gasteiger partial charge < -0.3 is 9.84 Å². The molecular formula is C14H19BrF2O2. The van der Waals surface area contributed by atoms with Gasteiger partial charge in [0.05, 0.1) is 16.2 Å². The van der Waals surface area contributed by atoms with Crippen LogP contribution in [0.1, 0.15) is 32.8 Å². The molecule has 1 aromatic rings. The van der Waals surface area contributed by atoms with Gasteiger partial charge in [0, 0.05) is 18.6 Å². The molecule has 1 N–H and O–H groups in total. The third-order valence-electron chi connectivity index (χ3n) is 3.42. The minimum absolute atomic E-state index is 0.124. The van der Waals surface area contributed by atoms with Gasteiger partial charge in [0.2, 0.25) is 0 Å². The molecule has 0 aliphatic heterocycles. The number of aliphatic hydroxyl groups is 1.